The first-order valence-electron chi connectivity index (χ1n) is 13.6. The molecule has 0 aromatic carbocycles. The summed E-state index contributed by atoms with van der Waals surface area (Å²) in [4.78, 5) is 4.88. The Bertz CT molecular complexity index is 452. The van der Waals surface area contributed by atoms with Crippen molar-refractivity contribution >= 4 is 0 Å². The first-order chi connectivity index (χ1) is 14.6. The van der Waals surface area contributed by atoms with Crippen LogP contribution in [0.2, 0.25) is 0 Å². The van der Waals surface area contributed by atoms with E-state index in [2.05, 4.69) is 91.5 Å². The summed E-state index contributed by atoms with van der Waals surface area (Å²) in [6.07, 6.45) is 9.64. The normalized spacial score (nSPS) is 23.2. The minimum absolute atomic E-state index is 0.509. The number of unbranched alkanes of at least 4 members (excludes halogenated alkanes) is 2. The monoisotopic (exact) mass is 454 g/mol. The Kier molecular flexibility index (Phi) is 14.9. The van der Waals surface area contributed by atoms with Crippen LogP contribution in [-0.2, 0) is 0 Å². The molecule has 2 heterocycles. The second-order valence-electron chi connectivity index (χ2n) is 14.1. The first-order valence-corrected chi connectivity index (χ1v) is 13.6. The lowest BCUT2D eigenvalue weighted by molar-refractivity contribution is 0.118. The summed E-state index contributed by atoms with van der Waals surface area (Å²) in [6.45, 7) is 27.4. The maximum absolute atomic E-state index is 3.17. The highest BCUT2D eigenvalue weighted by atomic mass is 15.1. The quantitative estimate of drug-likeness (QED) is 0.445. The van der Waals surface area contributed by atoms with Gasteiger partial charge in [0.25, 0.3) is 0 Å². The zero-order valence-corrected chi connectivity index (χ0v) is 24.5. The number of piperidine rings is 1. The number of hydrogen-bond donors (Lipinski definition) is 1. The van der Waals surface area contributed by atoms with E-state index < -0.39 is 0 Å². The highest BCUT2D eigenvalue weighted by molar-refractivity contribution is 4.82. The van der Waals surface area contributed by atoms with Crippen molar-refractivity contribution < 1.29 is 0 Å². The Hall–Kier alpha value is -0.120. The van der Waals surface area contributed by atoms with Crippen LogP contribution in [0.3, 0.4) is 0 Å². The van der Waals surface area contributed by atoms with Gasteiger partial charge in [-0.15, -0.1) is 0 Å². The van der Waals surface area contributed by atoms with Crippen LogP contribution in [0.1, 0.15) is 107 Å². The molecule has 0 radical (unpaired) electrons. The molecule has 3 heteroatoms. The highest BCUT2D eigenvalue weighted by Crippen LogP contribution is 2.33. The van der Waals surface area contributed by atoms with Crippen LogP contribution in [0.25, 0.3) is 0 Å². The third-order valence-electron chi connectivity index (χ3n) is 7.32. The predicted octanol–water partition coefficient (Wildman–Crippen LogP) is 7.17. The topological polar surface area (TPSA) is 18.5 Å². The number of rotatable bonds is 5. The van der Waals surface area contributed by atoms with Gasteiger partial charge in [0.05, 0.1) is 0 Å². The van der Waals surface area contributed by atoms with Crippen LogP contribution in [0, 0.1) is 28.1 Å². The van der Waals surface area contributed by atoms with E-state index in [1.165, 1.54) is 77.7 Å². The minimum atomic E-state index is 0.509. The average molecular weight is 454 g/mol. The van der Waals surface area contributed by atoms with Crippen LogP contribution in [0.5, 0.6) is 0 Å². The predicted molar refractivity (Wildman–Crippen MR) is 147 cm³/mol. The molecule has 2 unspecified atom stereocenters. The SMILES string of the molecule is CN1CCC(C(C)(C)C)C1.CN1CCCC(C(C)(C)C)C1.CNCCCCCC(C)(C)C. The van der Waals surface area contributed by atoms with Crippen molar-refractivity contribution in [3.8, 4) is 0 Å². The molecule has 194 valence electrons. The molecule has 0 spiro atoms. The van der Waals surface area contributed by atoms with Crippen molar-refractivity contribution in [1.29, 1.82) is 0 Å². The molecule has 2 atom stereocenters. The van der Waals surface area contributed by atoms with Crippen molar-refractivity contribution in [3.05, 3.63) is 0 Å². The Morgan fingerprint density at radius 1 is 0.688 bits per heavy atom. The van der Waals surface area contributed by atoms with Crippen molar-refractivity contribution in [2.75, 3.05) is 53.9 Å². The molecule has 2 aliphatic heterocycles. The molecular formula is C29H63N3. The van der Waals surface area contributed by atoms with Crippen molar-refractivity contribution in [2.45, 2.75) is 107 Å². The van der Waals surface area contributed by atoms with E-state index in [1.807, 2.05) is 7.05 Å². The summed E-state index contributed by atoms with van der Waals surface area (Å²) in [5.74, 6) is 1.82. The van der Waals surface area contributed by atoms with Crippen molar-refractivity contribution in [2.24, 2.45) is 28.1 Å². The molecule has 0 aromatic heterocycles. The third-order valence-corrected chi connectivity index (χ3v) is 7.32. The van der Waals surface area contributed by atoms with E-state index in [-0.39, 0.29) is 0 Å². The molecule has 0 aromatic rings. The summed E-state index contributed by atoms with van der Waals surface area (Å²) >= 11 is 0. The van der Waals surface area contributed by atoms with Gasteiger partial charge < -0.3 is 15.1 Å². The highest BCUT2D eigenvalue weighted by Gasteiger charge is 2.30. The zero-order chi connectivity index (χ0) is 25.0. The Labute approximate surface area is 204 Å². The van der Waals surface area contributed by atoms with Gasteiger partial charge in [0, 0.05) is 13.1 Å². The summed E-state index contributed by atoms with van der Waals surface area (Å²) in [6, 6.07) is 0. The molecule has 3 nitrogen and oxygen atoms in total. The van der Waals surface area contributed by atoms with Crippen LogP contribution in [-0.4, -0.2) is 63.7 Å². The molecule has 0 saturated carbocycles. The summed E-state index contributed by atoms with van der Waals surface area (Å²) in [5.41, 5.74) is 1.55. The fourth-order valence-electron chi connectivity index (χ4n) is 4.65. The van der Waals surface area contributed by atoms with Gasteiger partial charge in [0.2, 0.25) is 0 Å². The van der Waals surface area contributed by atoms with Gasteiger partial charge in [-0.25, -0.2) is 0 Å². The van der Waals surface area contributed by atoms with Crippen LogP contribution in [0.4, 0.5) is 0 Å². The van der Waals surface area contributed by atoms with E-state index in [9.17, 15) is 0 Å². The molecule has 0 aliphatic carbocycles. The summed E-state index contributed by atoms with van der Waals surface area (Å²) < 4.78 is 0. The molecular weight excluding hydrogens is 390 g/mol. The lowest BCUT2D eigenvalue weighted by Gasteiger charge is -2.38. The largest absolute Gasteiger partial charge is 0.320 e. The van der Waals surface area contributed by atoms with Gasteiger partial charge in [0.1, 0.15) is 0 Å². The number of nitrogens with zero attached hydrogens (tertiary/aromatic N) is 2. The van der Waals surface area contributed by atoms with Gasteiger partial charge in [0.15, 0.2) is 0 Å². The van der Waals surface area contributed by atoms with Gasteiger partial charge in [-0.3, -0.25) is 0 Å². The molecule has 2 fully saturated rings. The van der Waals surface area contributed by atoms with E-state index in [1.54, 1.807) is 0 Å². The number of likely N-dealkylation sites (tertiary alicyclic amines) is 2. The van der Waals surface area contributed by atoms with Gasteiger partial charge in [-0.05, 0) is 101 Å². The Morgan fingerprint density at radius 3 is 1.53 bits per heavy atom. The maximum atomic E-state index is 3.17. The standard InChI is InChI=1S/C10H21N.C10H23N.C9H19N/c1-10(2,3)9-6-5-7-11(4)8-9;1-10(2,3)8-6-5-7-9-11-4;1-9(2,3)8-5-6-10(4)7-8/h9H,5-8H2,1-4H3;11H,5-9H2,1-4H3;8H,5-7H2,1-4H3. The second kappa shape index (κ2) is 15.0. The fourth-order valence-corrected chi connectivity index (χ4v) is 4.65. The molecule has 2 aliphatic rings. The smallest absolute Gasteiger partial charge is 0.00121 e. The average Bonchev–Trinajstić information content (AvgIpc) is 3.08. The molecule has 2 saturated heterocycles. The molecule has 32 heavy (non-hydrogen) atoms. The van der Waals surface area contributed by atoms with Crippen molar-refractivity contribution in [1.82, 2.24) is 15.1 Å². The van der Waals surface area contributed by atoms with Crippen LogP contribution >= 0.6 is 0 Å². The lowest BCUT2D eigenvalue weighted by Crippen LogP contribution is -2.38. The summed E-state index contributed by atoms with van der Waals surface area (Å²) in [5, 5.41) is 3.17. The third kappa shape index (κ3) is 16.5. The maximum Gasteiger partial charge on any atom is 0.00121 e. The number of hydrogen-bond acceptors (Lipinski definition) is 3. The number of nitrogens with one attached hydrogen (secondary N) is 1. The Morgan fingerprint density at radius 2 is 1.19 bits per heavy atom. The van der Waals surface area contributed by atoms with E-state index >= 15 is 0 Å². The van der Waals surface area contributed by atoms with Gasteiger partial charge in [-0.2, -0.15) is 0 Å². The van der Waals surface area contributed by atoms with Gasteiger partial charge in [-0.1, -0.05) is 75.2 Å². The Balaban J connectivity index is 0.000000451. The van der Waals surface area contributed by atoms with Crippen LogP contribution in [0.15, 0.2) is 0 Å². The van der Waals surface area contributed by atoms with E-state index in [0.29, 0.717) is 16.2 Å². The van der Waals surface area contributed by atoms with E-state index in [0.717, 1.165) is 11.8 Å². The molecule has 2 rings (SSSR count). The fraction of sp³-hybridized carbons (Fsp3) is 1.00. The molecule has 1 N–H and O–H groups in total. The van der Waals surface area contributed by atoms with Gasteiger partial charge >= 0.3 is 0 Å². The second-order valence-corrected chi connectivity index (χ2v) is 14.1. The zero-order valence-electron chi connectivity index (χ0n) is 24.5. The van der Waals surface area contributed by atoms with Crippen molar-refractivity contribution in [3.63, 3.8) is 0 Å². The molecule has 0 bridgehead atoms. The van der Waals surface area contributed by atoms with E-state index in [4.69, 9.17) is 0 Å². The lowest BCUT2D eigenvalue weighted by atomic mass is 9.76. The first kappa shape index (κ1) is 31.9. The molecule has 0 amide bonds. The minimum Gasteiger partial charge on any atom is -0.320 e. The van der Waals surface area contributed by atoms with Crippen LogP contribution < -0.4 is 5.32 Å². The summed E-state index contributed by atoms with van der Waals surface area (Å²) in [7, 11) is 6.47.